The van der Waals surface area contributed by atoms with Crippen molar-refractivity contribution in [2.24, 2.45) is 0 Å². The molecule has 1 heterocycles. The smallest absolute Gasteiger partial charge is 0.269 e. The molecule has 1 aromatic rings. The molecular weight excluding hydrogens is 298 g/mol. The van der Waals surface area contributed by atoms with E-state index in [1.807, 2.05) is 19.9 Å². The van der Waals surface area contributed by atoms with Gasteiger partial charge in [-0.05, 0) is 19.4 Å². The molecule has 0 aromatic carbocycles. The van der Waals surface area contributed by atoms with Crippen molar-refractivity contribution in [1.82, 2.24) is 15.1 Å². The first-order valence-corrected chi connectivity index (χ1v) is 7.33. The summed E-state index contributed by atoms with van der Waals surface area (Å²) in [7, 11) is 0. The average Bonchev–Trinajstić information content (AvgIpc) is 2.81. The topological polar surface area (TPSA) is 56.1 Å². The van der Waals surface area contributed by atoms with Crippen molar-refractivity contribution >= 4 is 21.8 Å². The molecule has 0 aliphatic carbocycles. The number of alkyl halides is 1. The highest BCUT2D eigenvalue weighted by molar-refractivity contribution is 9.09. The fourth-order valence-corrected chi connectivity index (χ4v) is 1.78. The fraction of sp³-hybridized carbons (Fsp3) is 0.667. The van der Waals surface area contributed by atoms with Crippen molar-refractivity contribution in [3.63, 3.8) is 0 Å². The Kier molecular flexibility index (Phi) is 6.97. The monoisotopic (exact) mass is 317 g/mol. The van der Waals surface area contributed by atoms with Gasteiger partial charge in [0.2, 0.25) is 0 Å². The SMILES string of the molecule is CCc1cc(C(=O)NCCOCCBr)n(CC)n1. The first kappa shape index (κ1) is 15.2. The van der Waals surface area contributed by atoms with Crippen LogP contribution in [-0.2, 0) is 17.7 Å². The van der Waals surface area contributed by atoms with Gasteiger partial charge in [0.05, 0.1) is 18.9 Å². The molecule has 0 radical (unpaired) electrons. The highest BCUT2D eigenvalue weighted by Gasteiger charge is 2.13. The normalized spacial score (nSPS) is 10.6. The van der Waals surface area contributed by atoms with Crippen molar-refractivity contribution in [3.05, 3.63) is 17.5 Å². The van der Waals surface area contributed by atoms with E-state index in [0.717, 1.165) is 17.4 Å². The molecule has 0 saturated heterocycles. The zero-order valence-electron chi connectivity index (χ0n) is 10.9. The van der Waals surface area contributed by atoms with Crippen LogP contribution in [-0.4, -0.2) is 40.8 Å². The predicted octanol–water partition coefficient (Wildman–Crippen LogP) is 1.61. The number of ether oxygens (including phenoxy) is 1. The highest BCUT2D eigenvalue weighted by Crippen LogP contribution is 2.05. The summed E-state index contributed by atoms with van der Waals surface area (Å²) in [4.78, 5) is 11.9. The lowest BCUT2D eigenvalue weighted by Crippen LogP contribution is -2.29. The molecule has 5 nitrogen and oxygen atoms in total. The van der Waals surface area contributed by atoms with Crippen LogP contribution in [0.5, 0.6) is 0 Å². The third-order valence-electron chi connectivity index (χ3n) is 2.48. The Morgan fingerprint density at radius 1 is 1.50 bits per heavy atom. The zero-order chi connectivity index (χ0) is 13.4. The van der Waals surface area contributed by atoms with Crippen LogP contribution in [0.15, 0.2) is 6.07 Å². The summed E-state index contributed by atoms with van der Waals surface area (Å²) in [6, 6.07) is 1.85. The van der Waals surface area contributed by atoms with Gasteiger partial charge in [0, 0.05) is 18.4 Å². The van der Waals surface area contributed by atoms with Crippen LogP contribution in [0, 0.1) is 0 Å². The van der Waals surface area contributed by atoms with Crippen molar-refractivity contribution in [1.29, 1.82) is 0 Å². The van der Waals surface area contributed by atoms with E-state index in [4.69, 9.17) is 4.74 Å². The molecule has 1 N–H and O–H groups in total. The van der Waals surface area contributed by atoms with Crippen LogP contribution < -0.4 is 5.32 Å². The van der Waals surface area contributed by atoms with E-state index < -0.39 is 0 Å². The number of hydrogen-bond donors (Lipinski definition) is 1. The first-order chi connectivity index (χ1) is 8.72. The number of nitrogens with one attached hydrogen (secondary N) is 1. The van der Waals surface area contributed by atoms with Gasteiger partial charge in [0.1, 0.15) is 5.69 Å². The van der Waals surface area contributed by atoms with Gasteiger partial charge < -0.3 is 10.1 Å². The van der Waals surface area contributed by atoms with Gasteiger partial charge in [0.25, 0.3) is 5.91 Å². The van der Waals surface area contributed by atoms with Crippen LogP contribution in [0.1, 0.15) is 30.0 Å². The first-order valence-electron chi connectivity index (χ1n) is 6.21. The lowest BCUT2D eigenvalue weighted by molar-refractivity contribution is 0.0913. The largest absolute Gasteiger partial charge is 0.379 e. The summed E-state index contributed by atoms with van der Waals surface area (Å²) in [6.07, 6.45) is 0.835. The minimum absolute atomic E-state index is 0.0912. The summed E-state index contributed by atoms with van der Waals surface area (Å²) in [5, 5.41) is 7.98. The average molecular weight is 318 g/mol. The maximum Gasteiger partial charge on any atom is 0.269 e. The van der Waals surface area contributed by atoms with Crippen molar-refractivity contribution < 1.29 is 9.53 Å². The molecular formula is C12H20BrN3O2. The van der Waals surface area contributed by atoms with Gasteiger partial charge in [-0.3, -0.25) is 9.48 Å². The van der Waals surface area contributed by atoms with E-state index in [1.54, 1.807) is 4.68 Å². The van der Waals surface area contributed by atoms with E-state index in [2.05, 4.69) is 26.3 Å². The lowest BCUT2D eigenvalue weighted by atomic mass is 10.3. The fourth-order valence-electron chi connectivity index (χ4n) is 1.55. The summed E-state index contributed by atoms with van der Waals surface area (Å²) in [5.74, 6) is -0.0912. The quantitative estimate of drug-likeness (QED) is 0.585. The molecule has 0 fully saturated rings. The Morgan fingerprint density at radius 2 is 2.28 bits per heavy atom. The van der Waals surface area contributed by atoms with Crippen LogP contribution in [0.2, 0.25) is 0 Å². The Labute approximate surface area is 116 Å². The molecule has 0 saturated carbocycles. The van der Waals surface area contributed by atoms with Gasteiger partial charge in [-0.2, -0.15) is 5.10 Å². The summed E-state index contributed by atoms with van der Waals surface area (Å²) < 4.78 is 7.00. The van der Waals surface area contributed by atoms with Crippen LogP contribution in [0.25, 0.3) is 0 Å². The molecule has 0 unspecified atom stereocenters. The second kappa shape index (κ2) is 8.26. The number of carbonyl (C=O) groups excluding carboxylic acids is 1. The maximum atomic E-state index is 11.9. The van der Waals surface area contributed by atoms with Gasteiger partial charge in [-0.1, -0.05) is 22.9 Å². The molecule has 18 heavy (non-hydrogen) atoms. The summed E-state index contributed by atoms with van der Waals surface area (Å²) in [6.45, 7) is 6.40. The van der Waals surface area contributed by atoms with Crippen molar-refractivity contribution in [2.75, 3.05) is 25.1 Å². The van der Waals surface area contributed by atoms with Crippen LogP contribution in [0.3, 0.4) is 0 Å². The summed E-state index contributed by atoms with van der Waals surface area (Å²) in [5.41, 5.74) is 1.56. The molecule has 1 aromatic heterocycles. The van der Waals surface area contributed by atoms with E-state index in [1.165, 1.54) is 0 Å². The number of aryl methyl sites for hydroxylation is 2. The van der Waals surface area contributed by atoms with Gasteiger partial charge >= 0.3 is 0 Å². The minimum Gasteiger partial charge on any atom is -0.379 e. The summed E-state index contributed by atoms with van der Waals surface area (Å²) >= 11 is 3.27. The zero-order valence-corrected chi connectivity index (χ0v) is 12.5. The van der Waals surface area contributed by atoms with Gasteiger partial charge in [-0.25, -0.2) is 0 Å². The lowest BCUT2D eigenvalue weighted by Gasteiger charge is -2.06. The molecule has 1 amide bonds. The molecule has 1 rings (SSSR count). The standard InChI is InChI=1S/C12H20BrN3O2/c1-3-10-9-11(16(4-2)15-10)12(17)14-6-8-18-7-5-13/h9H,3-8H2,1-2H3,(H,14,17). The number of hydrogen-bond acceptors (Lipinski definition) is 3. The Balaban J connectivity index is 2.47. The molecule has 0 atom stereocenters. The van der Waals surface area contributed by atoms with Crippen molar-refractivity contribution in [3.8, 4) is 0 Å². The maximum absolute atomic E-state index is 11.9. The van der Waals surface area contributed by atoms with Crippen LogP contribution in [0.4, 0.5) is 0 Å². The van der Waals surface area contributed by atoms with E-state index in [0.29, 0.717) is 32.0 Å². The van der Waals surface area contributed by atoms with E-state index >= 15 is 0 Å². The third-order valence-corrected chi connectivity index (χ3v) is 2.80. The van der Waals surface area contributed by atoms with E-state index in [-0.39, 0.29) is 5.91 Å². The minimum atomic E-state index is -0.0912. The van der Waals surface area contributed by atoms with Gasteiger partial charge in [0.15, 0.2) is 0 Å². The second-order valence-electron chi connectivity index (χ2n) is 3.75. The molecule has 0 bridgehead atoms. The number of aromatic nitrogens is 2. The number of nitrogens with zero attached hydrogens (tertiary/aromatic N) is 2. The Morgan fingerprint density at radius 3 is 2.89 bits per heavy atom. The number of carbonyl (C=O) groups is 1. The molecule has 102 valence electrons. The Bertz CT molecular complexity index is 379. The van der Waals surface area contributed by atoms with Gasteiger partial charge in [-0.15, -0.1) is 0 Å². The third kappa shape index (κ3) is 4.42. The van der Waals surface area contributed by atoms with Crippen molar-refractivity contribution in [2.45, 2.75) is 26.8 Å². The molecule has 0 aliphatic heterocycles. The highest BCUT2D eigenvalue weighted by atomic mass is 79.9. The Hall–Kier alpha value is -0.880. The van der Waals surface area contributed by atoms with Crippen LogP contribution >= 0.6 is 15.9 Å². The molecule has 0 spiro atoms. The number of rotatable bonds is 8. The predicted molar refractivity (Wildman–Crippen MR) is 74.2 cm³/mol. The number of halogens is 1. The molecule has 0 aliphatic rings. The van der Waals surface area contributed by atoms with E-state index in [9.17, 15) is 4.79 Å². The molecule has 6 heteroatoms. The second-order valence-corrected chi connectivity index (χ2v) is 4.54. The number of amides is 1.